The van der Waals surface area contributed by atoms with Crippen molar-refractivity contribution in [3.05, 3.63) is 76.6 Å². The van der Waals surface area contributed by atoms with Gasteiger partial charge in [-0.05, 0) is 48.6 Å². The number of ether oxygens (including phenoxy) is 3. The van der Waals surface area contributed by atoms with Crippen LogP contribution in [0.2, 0.25) is 0 Å². The van der Waals surface area contributed by atoms with Gasteiger partial charge < -0.3 is 24.6 Å². The van der Waals surface area contributed by atoms with Gasteiger partial charge in [0.2, 0.25) is 0 Å². The molecule has 1 aliphatic carbocycles. The molecule has 7 nitrogen and oxygen atoms in total. The van der Waals surface area contributed by atoms with Crippen molar-refractivity contribution in [3.63, 3.8) is 0 Å². The number of nitrogens with one attached hydrogen (secondary N) is 1. The van der Waals surface area contributed by atoms with E-state index in [0.29, 0.717) is 46.7 Å². The lowest BCUT2D eigenvalue weighted by Gasteiger charge is -2.39. The second-order valence-electron chi connectivity index (χ2n) is 9.66. The summed E-state index contributed by atoms with van der Waals surface area (Å²) >= 11 is 0. The number of ketones is 1. The van der Waals surface area contributed by atoms with E-state index in [1.807, 2.05) is 37.3 Å². The van der Waals surface area contributed by atoms with Gasteiger partial charge in [-0.1, -0.05) is 38.1 Å². The summed E-state index contributed by atoms with van der Waals surface area (Å²) < 4.78 is 16.4. The van der Waals surface area contributed by atoms with Crippen LogP contribution in [0, 0.1) is 5.41 Å². The summed E-state index contributed by atoms with van der Waals surface area (Å²) in [6, 6.07) is 14.2. The average molecular weight is 478 g/mol. The fourth-order valence-corrected chi connectivity index (χ4v) is 4.81. The number of para-hydroxylation sites is 1. The number of dihydropyridines is 1. The van der Waals surface area contributed by atoms with Crippen LogP contribution in [0.15, 0.2) is 71.1 Å². The Morgan fingerprint density at radius 2 is 1.86 bits per heavy atom. The lowest BCUT2D eigenvalue weighted by molar-refractivity contribution is -0.140. The molecule has 184 valence electrons. The summed E-state index contributed by atoms with van der Waals surface area (Å²) in [6.45, 7) is 6.17. The van der Waals surface area contributed by atoms with Gasteiger partial charge in [-0.25, -0.2) is 4.79 Å². The van der Waals surface area contributed by atoms with Crippen molar-refractivity contribution in [3.8, 4) is 17.2 Å². The first-order valence-corrected chi connectivity index (χ1v) is 11.7. The standard InChI is InChI=1S/C28H31NO6/c1-17-24(27(32)35-13-12-34-19-8-6-5-7-9-19)25(18-10-11-23(33-4)21(30)14-18)26-20(29-17)15-28(2,3)16-22(26)31/h5-11,14,25,29-30H,12-13,15-16H2,1-4H3/t25-/m0/s1. The van der Waals surface area contributed by atoms with Crippen molar-refractivity contribution in [2.75, 3.05) is 20.3 Å². The average Bonchev–Trinajstić information content (AvgIpc) is 2.80. The number of Topliss-reactive ketones (excluding diaryl/α,β-unsaturated/α-hetero) is 1. The Hall–Kier alpha value is -3.74. The van der Waals surface area contributed by atoms with Crippen molar-refractivity contribution in [2.24, 2.45) is 5.41 Å². The number of benzene rings is 2. The zero-order valence-corrected chi connectivity index (χ0v) is 20.5. The maximum absolute atomic E-state index is 13.3. The molecule has 35 heavy (non-hydrogen) atoms. The number of hydrogen-bond donors (Lipinski definition) is 2. The van der Waals surface area contributed by atoms with Crippen LogP contribution in [-0.2, 0) is 14.3 Å². The molecule has 0 radical (unpaired) electrons. The van der Waals surface area contributed by atoms with Crippen LogP contribution in [0.1, 0.15) is 45.1 Å². The minimum absolute atomic E-state index is 0.0192. The summed E-state index contributed by atoms with van der Waals surface area (Å²) in [5.41, 5.74) is 2.77. The maximum Gasteiger partial charge on any atom is 0.336 e. The summed E-state index contributed by atoms with van der Waals surface area (Å²) in [4.78, 5) is 26.7. The molecule has 0 bridgehead atoms. The smallest absolute Gasteiger partial charge is 0.336 e. The molecule has 2 aromatic rings. The fourth-order valence-electron chi connectivity index (χ4n) is 4.81. The number of methoxy groups -OCH3 is 1. The minimum atomic E-state index is -0.658. The molecule has 1 atom stereocenters. The zero-order chi connectivity index (χ0) is 25.2. The zero-order valence-electron chi connectivity index (χ0n) is 20.5. The summed E-state index contributed by atoms with van der Waals surface area (Å²) in [6.07, 6.45) is 1.05. The largest absolute Gasteiger partial charge is 0.504 e. The molecule has 0 spiro atoms. The van der Waals surface area contributed by atoms with E-state index in [4.69, 9.17) is 14.2 Å². The van der Waals surface area contributed by atoms with E-state index in [1.54, 1.807) is 18.2 Å². The number of aromatic hydroxyl groups is 1. The number of carbonyl (C=O) groups is 2. The molecule has 0 saturated heterocycles. The van der Waals surface area contributed by atoms with Gasteiger partial charge in [-0.3, -0.25) is 4.79 Å². The molecule has 0 aromatic heterocycles. The van der Waals surface area contributed by atoms with Gasteiger partial charge in [-0.2, -0.15) is 0 Å². The molecule has 4 rings (SSSR count). The van der Waals surface area contributed by atoms with Crippen molar-refractivity contribution in [1.29, 1.82) is 0 Å². The van der Waals surface area contributed by atoms with Gasteiger partial charge in [0, 0.05) is 29.3 Å². The third-order valence-electron chi connectivity index (χ3n) is 6.32. The highest BCUT2D eigenvalue weighted by atomic mass is 16.6. The number of allylic oxidation sites excluding steroid dienone is 3. The summed E-state index contributed by atoms with van der Waals surface area (Å²) in [5, 5.41) is 13.8. The third kappa shape index (κ3) is 5.19. The van der Waals surface area contributed by atoms with Crippen molar-refractivity contribution in [2.45, 2.75) is 39.5 Å². The third-order valence-corrected chi connectivity index (χ3v) is 6.32. The monoisotopic (exact) mass is 477 g/mol. The maximum atomic E-state index is 13.3. The van der Waals surface area contributed by atoms with E-state index < -0.39 is 11.9 Å². The highest BCUT2D eigenvalue weighted by Gasteiger charge is 2.43. The Morgan fingerprint density at radius 3 is 2.54 bits per heavy atom. The SMILES string of the molecule is COc1ccc([C@H]2C(C(=O)OCCOc3ccccc3)=C(C)NC3=C2C(=O)CC(C)(C)C3)cc1O. The van der Waals surface area contributed by atoms with Crippen molar-refractivity contribution >= 4 is 11.8 Å². The quantitative estimate of drug-likeness (QED) is 0.444. The first-order chi connectivity index (χ1) is 16.7. The van der Waals surface area contributed by atoms with Gasteiger partial charge >= 0.3 is 5.97 Å². The van der Waals surface area contributed by atoms with Crippen LogP contribution in [0.4, 0.5) is 0 Å². The fraction of sp³-hybridized carbons (Fsp3) is 0.357. The molecule has 1 aliphatic heterocycles. The first kappa shape index (κ1) is 24.4. The molecule has 2 aliphatic rings. The summed E-state index contributed by atoms with van der Waals surface area (Å²) in [7, 11) is 1.47. The Morgan fingerprint density at radius 1 is 1.11 bits per heavy atom. The molecule has 1 heterocycles. The van der Waals surface area contributed by atoms with Crippen LogP contribution >= 0.6 is 0 Å². The van der Waals surface area contributed by atoms with E-state index >= 15 is 0 Å². The van der Waals surface area contributed by atoms with Crippen molar-refractivity contribution < 1.29 is 28.9 Å². The van der Waals surface area contributed by atoms with Crippen LogP contribution in [0.3, 0.4) is 0 Å². The van der Waals surface area contributed by atoms with Gasteiger partial charge in [0.15, 0.2) is 17.3 Å². The molecule has 2 N–H and O–H groups in total. The molecule has 0 unspecified atom stereocenters. The van der Waals surface area contributed by atoms with Gasteiger partial charge in [0.05, 0.1) is 12.7 Å². The lowest BCUT2D eigenvalue weighted by Crippen LogP contribution is -2.38. The number of phenolic OH excluding ortho intramolecular Hbond substituents is 1. The molecule has 7 heteroatoms. The predicted molar refractivity (Wildman–Crippen MR) is 131 cm³/mol. The Labute approximate surface area is 205 Å². The molecular weight excluding hydrogens is 446 g/mol. The van der Waals surface area contributed by atoms with E-state index in [1.165, 1.54) is 7.11 Å². The number of carbonyl (C=O) groups excluding carboxylic acids is 2. The second-order valence-corrected chi connectivity index (χ2v) is 9.66. The predicted octanol–water partition coefficient (Wildman–Crippen LogP) is 4.63. The van der Waals surface area contributed by atoms with Gasteiger partial charge in [-0.15, -0.1) is 0 Å². The van der Waals surface area contributed by atoms with E-state index in [9.17, 15) is 14.7 Å². The van der Waals surface area contributed by atoms with Crippen molar-refractivity contribution in [1.82, 2.24) is 5.32 Å². The van der Waals surface area contributed by atoms with E-state index in [0.717, 1.165) is 5.70 Å². The van der Waals surface area contributed by atoms with Crippen LogP contribution in [-0.4, -0.2) is 37.2 Å². The first-order valence-electron chi connectivity index (χ1n) is 11.7. The topological polar surface area (TPSA) is 94.1 Å². The highest BCUT2D eigenvalue weighted by Crippen LogP contribution is 2.47. The minimum Gasteiger partial charge on any atom is -0.504 e. The molecule has 0 saturated carbocycles. The Kier molecular flexibility index (Phi) is 6.87. The van der Waals surface area contributed by atoms with Crippen LogP contribution < -0.4 is 14.8 Å². The molecule has 0 fully saturated rings. The second kappa shape index (κ2) is 9.86. The van der Waals surface area contributed by atoms with Crippen LogP contribution in [0.5, 0.6) is 17.2 Å². The molecule has 0 amide bonds. The van der Waals surface area contributed by atoms with E-state index in [-0.39, 0.29) is 30.2 Å². The van der Waals surface area contributed by atoms with Gasteiger partial charge in [0.25, 0.3) is 0 Å². The number of phenols is 1. The lowest BCUT2D eigenvalue weighted by atomic mass is 9.68. The Balaban J connectivity index is 1.63. The van der Waals surface area contributed by atoms with E-state index in [2.05, 4.69) is 19.2 Å². The Bertz CT molecular complexity index is 1200. The van der Waals surface area contributed by atoms with Gasteiger partial charge in [0.1, 0.15) is 19.0 Å². The molecular formula is C28H31NO6. The number of rotatable bonds is 7. The number of esters is 1. The highest BCUT2D eigenvalue weighted by molar-refractivity contribution is 6.04. The molecule has 2 aromatic carbocycles. The van der Waals surface area contributed by atoms with Crippen LogP contribution in [0.25, 0.3) is 0 Å². The summed E-state index contributed by atoms with van der Waals surface area (Å²) in [5.74, 6) is -0.263. The normalized spacial score (nSPS) is 19.1. The number of hydrogen-bond acceptors (Lipinski definition) is 7.